The Morgan fingerprint density at radius 3 is 2.24 bits per heavy atom. The van der Waals surface area contributed by atoms with Gasteiger partial charge in [-0.2, -0.15) is 0 Å². The molecule has 4 rings (SSSR count). The predicted molar refractivity (Wildman–Crippen MR) is 135 cm³/mol. The van der Waals surface area contributed by atoms with Gasteiger partial charge in [0, 0.05) is 16.3 Å². The first-order valence-corrected chi connectivity index (χ1v) is 12.7. The molecule has 4 aromatic rings. The third kappa shape index (κ3) is 4.66. The standard InChI is InChI=1S/C25H21ClN2O3S2/c1-15-6-12-20(13-7-15)33(30,31)24-21(27)23(22(29)17-8-10-18(26)11-9-17)32-25(24)28-19-5-3-4-16(2)14-19/h3-14,28H,27H2,1-2H3. The number of ketones is 1. The van der Waals surface area contributed by atoms with Gasteiger partial charge >= 0.3 is 0 Å². The van der Waals surface area contributed by atoms with Crippen LogP contribution in [0.15, 0.2) is 82.6 Å². The van der Waals surface area contributed by atoms with E-state index in [2.05, 4.69) is 5.32 Å². The van der Waals surface area contributed by atoms with E-state index in [1.807, 2.05) is 38.1 Å². The van der Waals surface area contributed by atoms with E-state index in [1.165, 1.54) is 0 Å². The Hall–Kier alpha value is -3.13. The summed E-state index contributed by atoms with van der Waals surface area (Å²) in [6.45, 7) is 3.82. The summed E-state index contributed by atoms with van der Waals surface area (Å²) in [6.07, 6.45) is 0. The second-order valence-electron chi connectivity index (χ2n) is 7.65. The number of hydrogen-bond acceptors (Lipinski definition) is 6. The van der Waals surface area contributed by atoms with Gasteiger partial charge in [-0.3, -0.25) is 4.79 Å². The topological polar surface area (TPSA) is 89.3 Å². The van der Waals surface area contributed by atoms with E-state index in [4.69, 9.17) is 17.3 Å². The summed E-state index contributed by atoms with van der Waals surface area (Å²) >= 11 is 6.96. The Morgan fingerprint density at radius 2 is 1.61 bits per heavy atom. The number of benzene rings is 3. The van der Waals surface area contributed by atoms with E-state index in [9.17, 15) is 13.2 Å². The largest absolute Gasteiger partial charge is 0.396 e. The SMILES string of the molecule is Cc1ccc(S(=O)(=O)c2c(Nc3cccc(C)c3)sc(C(=O)c3ccc(Cl)cc3)c2N)cc1. The van der Waals surface area contributed by atoms with E-state index >= 15 is 0 Å². The number of thiophene rings is 1. The molecule has 33 heavy (non-hydrogen) atoms. The van der Waals surface area contributed by atoms with Crippen molar-refractivity contribution < 1.29 is 13.2 Å². The summed E-state index contributed by atoms with van der Waals surface area (Å²) in [4.78, 5) is 13.4. The maximum atomic E-state index is 13.6. The molecule has 168 valence electrons. The van der Waals surface area contributed by atoms with Gasteiger partial charge in [-0.05, 0) is 67.9 Å². The number of aryl methyl sites for hydroxylation is 2. The van der Waals surface area contributed by atoms with E-state index in [0.29, 0.717) is 16.3 Å². The second kappa shape index (κ2) is 9.02. The third-order valence-corrected chi connectivity index (χ3v) is 8.44. The molecule has 3 N–H and O–H groups in total. The molecule has 0 saturated carbocycles. The first kappa shape index (κ1) is 23.0. The molecule has 3 aromatic carbocycles. The van der Waals surface area contributed by atoms with Crippen LogP contribution in [0, 0.1) is 13.8 Å². The molecule has 0 radical (unpaired) electrons. The molecule has 1 heterocycles. The summed E-state index contributed by atoms with van der Waals surface area (Å²) in [5.74, 6) is -0.369. The molecule has 0 saturated heterocycles. The lowest BCUT2D eigenvalue weighted by molar-refractivity contribution is 0.104. The highest BCUT2D eigenvalue weighted by molar-refractivity contribution is 7.92. The number of anilines is 3. The first-order chi connectivity index (χ1) is 15.7. The smallest absolute Gasteiger partial charge is 0.211 e. The average Bonchev–Trinajstić information content (AvgIpc) is 3.10. The Labute approximate surface area is 201 Å². The zero-order valence-electron chi connectivity index (χ0n) is 17.9. The predicted octanol–water partition coefficient (Wildman–Crippen LogP) is 6.41. The van der Waals surface area contributed by atoms with Crippen LogP contribution in [0.3, 0.4) is 0 Å². The molecule has 0 bridgehead atoms. The number of nitrogens with two attached hydrogens (primary N) is 1. The summed E-state index contributed by atoms with van der Waals surface area (Å²) in [5.41, 5.74) is 9.28. The van der Waals surface area contributed by atoms with Crippen LogP contribution in [0.5, 0.6) is 0 Å². The summed E-state index contributed by atoms with van der Waals surface area (Å²) in [7, 11) is -4.00. The monoisotopic (exact) mass is 496 g/mol. The average molecular weight is 497 g/mol. The number of carbonyl (C=O) groups excluding carboxylic acids is 1. The summed E-state index contributed by atoms with van der Waals surface area (Å²) < 4.78 is 27.2. The molecule has 0 aliphatic carbocycles. The molecule has 1 aromatic heterocycles. The fourth-order valence-electron chi connectivity index (χ4n) is 3.37. The number of hydrogen-bond donors (Lipinski definition) is 2. The van der Waals surface area contributed by atoms with Crippen molar-refractivity contribution in [3.63, 3.8) is 0 Å². The molecule has 0 aliphatic rings. The Bertz CT molecular complexity index is 1440. The first-order valence-electron chi connectivity index (χ1n) is 10.0. The van der Waals surface area contributed by atoms with Crippen molar-refractivity contribution in [1.82, 2.24) is 0 Å². The maximum Gasteiger partial charge on any atom is 0.211 e. The highest BCUT2D eigenvalue weighted by Gasteiger charge is 2.31. The highest BCUT2D eigenvalue weighted by atomic mass is 35.5. The molecule has 0 spiro atoms. The molecule has 5 nitrogen and oxygen atoms in total. The lowest BCUT2D eigenvalue weighted by Gasteiger charge is -2.10. The van der Waals surface area contributed by atoms with Gasteiger partial charge < -0.3 is 11.1 Å². The van der Waals surface area contributed by atoms with Crippen molar-refractivity contribution in [2.45, 2.75) is 23.6 Å². The number of carbonyl (C=O) groups is 1. The van der Waals surface area contributed by atoms with Gasteiger partial charge in [0.25, 0.3) is 0 Å². The fraction of sp³-hybridized carbons (Fsp3) is 0.0800. The molecule has 0 amide bonds. The lowest BCUT2D eigenvalue weighted by atomic mass is 10.1. The molecule has 0 fully saturated rings. The van der Waals surface area contributed by atoms with Crippen LogP contribution in [0.25, 0.3) is 0 Å². The van der Waals surface area contributed by atoms with Gasteiger partial charge in [-0.25, -0.2) is 8.42 Å². The van der Waals surface area contributed by atoms with Gasteiger partial charge in [0.1, 0.15) is 14.8 Å². The Kier molecular flexibility index (Phi) is 6.30. The van der Waals surface area contributed by atoms with Crippen molar-refractivity contribution in [1.29, 1.82) is 0 Å². The lowest BCUT2D eigenvalue weighted by Crippen LogP contribution is -2.08. The molecule has 0 unspecified atom stereocenters. The molecule has 0 atom stereocenters. The maximum absolute atomic E-state index is 13.6. The molecule has 0 aliphatic heterocycles. The van der Waals surface area contributed by atoms with Crippen LogP contribution >= 0.6 is 22.9 Å². The Morgan fingerprint density at radius 1 is 0.939 bits per heavy atom. The van der Waals surface area contributed by atoms with Crippen molar-refractivity contribution >= 4 is 54.9 Å². The van der Waals surface area contributed by atoms with E-state index < -0.39 is 9.84 Å². The van der Waals surface area contributed by atoms with Crippen molar-refractivity contribution in [2.75, 3.05) is 11.1 Å². The zero-order chi connectivity index (χ0) is 23.8. The van der Waals surface area contributed by atoms with Crippen LogP contribution < -0.4 is 11.1 Å². The molecule has 8 heteroatoms. The third-order valence-electron chi connectivity index (χ3n) is 5.09. The number of nitrogens with one attached hydrogen (secondary N) is 1. The van der Waals surface area contributed by atoms with Gasteiger partial charge in [0.15, 0.2) is 0 Å². The van der Waals surface area contributed by atoms with Gasteiger partial charge in [0.2, 0.25) is 15.6 Å². The minimum atomic E-state index is -4.00. The zero-order valence-corrected chi connectivity index (χ0v) is 20.3. The number of nitrogen functional groups attached to an aromatic ring is 1. The van der Waals surface area contributed by atoms with Crippen molar-refractivity contribution in [3.8, 4) is 0 Å². The van der Waals surface area contributed by atoms with Crippen molar-refractivity contribution in [3.05, 3.63) is 99.4 Å². The van der Waals surface area contributed by atoms with Crippen LogP contribution in [-0.2, 0) is 9.84 Å². The van der Waals surface area contributed by atoms with Crippen LogP contribution in [0.1, 0.15) is 26.4 Å². The van der Waals surface area contributed by atoms with E-state index in [0.717, 1.165) is 22.5 Å². The molecular formula is C25H21ClN2O3S2. The minimum Gasteiger partial charge on any atom is -0.396 e. The molecular weight excluding hydrogens is 476 g/mol. The fourth-order valence-corrected chi connectivity index (χ4v) is 6.43. The second-order valence-corrected chi connectivity index (χ2v) is 11.0. The van der Waals surface area contributed by atoms with Crippen LogP contribution in [0.2, 0.25) is 5.02 Å². The van der Waals surface area contributed by atoms with Gasteiger partial charge in [0.05, 0.1) is 10.6 Å². The van der Waals surface area contributed by atoms with E-state index in [-0.39, 0.29) is 31.1 Å². The van der Waals surface area contributed by atoms with Gasteiger partial charge in [-0.1, -0.05) is 41.4 Å². The number of halogens is 1. The highest BCUT2D eigenvalue weighted by Crippen LogP contribution is 2.44. The number of sulfone groups is 1. The quantitative estimate of drug-likeness (QED) is 0.301. The summed E-state index contributed by atoms with van der Waals surface area (Å²) in [6, 6.07) is 20.4. The minimum absolute atomic E-state index is 0.0734. The van der Waals surface area contributed by atoms with Crippen LogP contribution in [-0.4, -0.2) is 14.2 Å². The summed E-state index contributed by atoms with van der Waals surface area (Å²) in [5, 5.41) is 3.95. The van der Waals surface area contributed by atoms with Crippen molar-refractivity contribution in [2.24, 2.45) is 0 Å². The Balaban J connectivity index is 1.88. The van der Waals surface area contributed by atoms with Gasteiger partial charge in [-0.15, -0.1) is 11.3 Å². The number of rotatable bonds is 6. The normalized spacial score (nSPS) is 11.4. The van der Waals surface area contributed by atoms with Crippen LogP contribution in [0.4, 0.5) is 16.4 Å². The van der Waals surface area contributed by atoms with E-state index in [1.54, 1.807) is 48.5 Å².